The molecule has 6 heteroatoms. The Morgan fingerprint density at radius 1 is 1.00 bits per heavy atom. The van der Waals surface area contributed by atoms with E-state index in [1.807, 2.05) is 64.1 Å². The summed E-state index contributed by atoms with van der Waals surface area (Å²) < 4.78 is 19.0. The van der Waals surface area contributed by atoms with Gasteiger partial charge in [-0.2, -0.15) is 0 Å². The van der Waals surface area contributed by atoms with Gasteiger partial charge in [0.05, 0.1) is 12.2 Å². The van der Waals surface area contributed by atoms with Crippen LogP contribution < -0.4 is 9.80 Å². The topological polar surface area (TPSA) is 45.7 Å². The fourth-order valence-corrected chi connectivity index (χ4v) is 3.16. The van der Waals surface area contributed by atoms with Crippen LogP contribution in [0.1, 0.15) is 33.3 Å². The normalized spacial score (nSPS) is 11.1. The lowest BCUT2D eigenvalue weighted by Crippen LogP contribution is -2.36. The minimum atomic E-state index is -0.645. The Hall–Kier alpha value is -3.41. The number of para-hydroxylation sites is 1. The number of pyridine rings is 1. The van der Waals surface area contributed by atoms with Gasteiger partial charge in [-0.25, -0.2) is 14.2 Å². The maximum Gasteiger partial charge on any atom is 0.415 e. The summed E-state index contributed by atoms with van der Waals surface area (Å²) in [5.41, 5.74) is 1.81. The molecule has 1 amide bonds. The molecule has 5 nitrogen and oxygen atoms in total. The van der Waals surface area contributed by atoms with Gasteiger partial charge in [-0.05, 0) is 63.6 Å². The lowest BCUT2D eigenvalue weighted by molar-refractivity contribution is 0.0577. The number of amides is 1. The van der Waals surface area contributed by atoms with E-state index in [-0.39, 0.29) is 12.4 Å². The smallest absolute Gasteiger partial charge is 0.415 e. The molecule has 0 saturated carbocycles. The van der Waals surface area contributed by atoms with E-state index in [9.17, 15) is 9.18 Å². The highest BCUT2D eigenvalue weighted by molar-refractivity contribution is 5.88. The zero-order valence-electron chi connectivity index (χ0n) is 18.4. The van der Waals surface area contributed by atoms with Crippen molar-refractivity contribution in [3.8, 4) is 0 Å². The van der Waals surface area contributed by atoms with Gasteiger partial charge in [0, 0.05) is 24.5 Å². The summed E-state index contributed by atoms with van der Waals surface area (Å²) in [6, 6.07) is 19.7. The number of anilines is 3. The molecule has 1 heterocycles. The van der Waals surface area contributed by atoms with Crippen LogP contribution in [0.5, 0.6) is 0 Å². The van der Waals surface area contributed by atoms with E-state index in [1.165, 1.54) is 12.1 Å². The number of benzene rings is 2. The van der Waals surface area contributed by atoms with Gasteiger partial charge >= 0.3 is 6.09 Å². The van der Waals surface area contributed by atoms with Gasteiger partial charge in [0.15, 0.2) is 0 Å². The number of aromatic nitrogens is 1. The van der Waals surface area contributed by atoms with Gasteiger partial charge in [-0.1, -0.05) is 30.3 Å². The highest BCUT2D eigenvalue weighted by atomic mass is 19.1. The van der Waals surface area contributed by atoms with E-state index >= 15 is 0 Å². The van der Waals surface area contributed by atoms with Gasteiger partial charge in [0.25, 0.3) is 0 Å². The van der Waals surface area contributed by atoms with Crippen molar-refractivity contribution in [3.63, 3.8) is 0 Å². The van der Waals surface area contributed by atoms with E-state index < -0.39 is 11.7 Å². The van der Waals surface area contributed by atoms with Crippen LogP contribution in [0.3, 0.4) is 0 Å². The van der Waals surface area contributed by atoms with Gasteiger partial charge < -0.3 is 9.64 Å². The van der Waals surface area contributed by atoms with Crippen molar-refractivity contribution >= 4 is 23.3 Å². The summed E-state index contributed by atoms with van der Waals surface area (Å²) in [6.45, 7) is 8.49. The van der Waals surface area contributed by atoms with Crippen molar-refractivity contribution in [2.45, 2.75) is 39.8 Å². The van der Waals surface area contributed by atoms with E-state index in [2.05, 4.69) is 9.88 Å². The van der Waals surface area contributed by atoms with Gasteiger partial charge in [0.1, 0.15) is 17.2 Å². The second kappa shape index (κ2) is 9.60. The average Bonchev–Trinajstić information content (AvgIpc) is 2.73. The molecule has 0 N–H and O–H groups in total. The molecule has 3 rings (SSSR count). The second-order valence-electron chi connectivity index (χ2n) is 8.15. The summed E-state index contributed by atoms with van der Waals surface area (Å²) in [5.74, 6) is 0.402. The second-order valence-corrected chi connectivity index (χ2v) is 8.15. The number of nitrogens with zero attached hydrogens (tertiary/aromatic N) is 3. The fourth-order valence-electron chi connectivity index (χ4n) is 3.16. The number of hydrogen-bond acceptors (Lipinski definition) is 4. The van der Waals surface area contributed by atoms with Crippen LogP contribution in [0.25, 0.3) is 0 Å². The number of ether oxygens (including phenoxy) is 1. The van der Waals surface area contributed by atoms with Crippen LogP contribution in [0.2, 0.25) is 0 Å². The molecular weight excluding hydrogens is 393 g/mol. The molecule has 0 aliphatic heterocycles. The highest BCUT2D eigenvalue weighted by Crippen LogP contribution is 2.28. The molecule has 2 aromatic carbocycles. The van der Waals surface area contributed by atoms with Crippen molar-refractivity contribution in [1.82, 2.24) is 4.98 Å². The summed E-state index contributed by atoms with van der Waals surface area (Å²) >= 11 is 0. The highest BCUT2D eigenvalue weighted by Gasteiger charge is 2.24. The maximum absolute atomic E-state index is 13.4. The van der Waals surface area contributed by atoms with E-state index in [4.69, 9.17) is 4.74 Å². The predicted octanol–water partition coefficient (Wildman–Crippen LogP) is 6.32. The lowest BCUT2D eigenvalue weighted by Gasteiger charge is -2.29. The third-order valence-electron chi connectivity index (χ3n) is 4.57. The molecule has 0 radical (unpaired) electrons. The van der Waals surface area contributed by atoms with Gasteiger partial charge in [0.2, 0.25) is 0 Å². The minimum absolute atomic E-state index is 0.246. The molecule has 3 aromatic rings. The Morgan fingerprint density at radius 3 is 2.29 bits per heavy atom. The van der Waals surface area contributed by atoms with Crippen LogP contribution in [0, 0.1) is 5.82 Å². The van der Waals surface area contributed by atoms with Crippen molar-refractivity contribution in [2.24, 2.45) is 0 Å². The summed E-state index contributed by atoms with van der Waals surface area (Å²) in [5, 5.41) is 0. The Bertz CT molecular complexity index is 1000. The van der Waals surface area contributed by atoms with Gasteiger partial charge in [-0.3, -0.25) is 4.90 Å². The molecule has 162 valence electrons. The average molecular weight is 422 g/mol. The van der Waals surface area contributed by atoms with Crippen molar-refractivity contribution in [3.05, 3.63) is 84.3 Å². The third kappa shape index (κ3) is 6.04. The first kappa shape index (κ1) is 22.3. The quantitative estimate of drug-likeness (QED) is 0.467. The zero-order valence-corrected chi connectivity index (χ0v) is 18.4. The predicted molar refractivity (Wildman–Crippen MR) is 122 cm³/mol. The van der Waals surface area contributed by atoms with E-state index in [0.717, 1.165) is 17.1 Å². The van der Waals surface area contributed by atoms with Crippen LogP contribution in [0.4, 0.5) is 26.4 Å². The first-order valence-corrected chi connectivity index (χ1v) is 10.3. The van der Waals surface area contributed by atoms with Crippen LogP contribution in [-0.4, -0.2) is 23.2 Å². The SMILES string of the molecule is CCN(c1ccccc1)c1cc(N(Cc2ccc(F)cc2)C(=O)OC(C)(C)C)ccn1. The number of carbonyl (C=O) groups is 1. The third-order valence-corrected chi connectivity index (χ3v) is 4.57. The van der Waals surface area contributed by atoms with Crippen LogP contribution in [0.15, 0.2) is 72.9 Å². The number of halogens is 1. The first-order valence-electron chi connectivity index (χ1n) is 10.3. The van der Waals surface area contributed by atoms with Crippen LogP contribution in [-0.2, 0) is 11.3 Å². The van der Waals surface area contributed by atoms with E-state index in [0.29, 0.717) is 12.2 Å². The largest absolute Gasteiger partial charge is 0.443 e. The van der Waals surface area contributed by atoms with Crippen molar-refractivity contribution in [1.29, 1.82) is 0 Å². The molecular formula is C25H28FN3O2. The summed E-state index contributed by atoms with van der Waals surface area (Å²) in [6.07, 6.45) is 1.20. The molecule has 0 saturated heterocycles. The minimum Gasteiger partial charge on any atom is -0.443 e. The molecule has 0 bridgehead atoms. The van der Waals surface area contributed by atoms with Crippen molar-refractivity contribution in [2.75, 3.05) is 16.3 Å². The number of rotatable bonds is 6. The Balaban J connectivity index is 1.97. The Labute approximate surface area is 183 Å². The first-order chi connectivity index (χ1) is 14.8. The standard InChI is InChI=1S/C25H28FN3O2/c1-5-28(21-9-7-6-8-10-21)23-17-22(15-16-27-23)29(24(30)31-25(2,3)4)18-19-11-13-20(26)14-12-19/h6-17H,5,18H2,1-4H3. The molecule has 0 atom stereocenters. The van der Waals surface area contributed by atoms with Crippen LogP contribution >= 0.6 is 0 Å². The molecule has 0 aliphatic carbocycles. The Kier molecular flexibility index (Phi) is 6.90. The fraction of sp³-hybridized carbons (Fsp3) is 0.280. The van der Waals surface area contributed by atoms with E-state index in [1.54, 1.807) is 29.3 Å². The molecule has 1 aromatic heterocycles. The lowest BCUT2D eigenvalue weighted by atomic mass is 10.2. The van der Waals surface area contributed by atoms with Gasteiger partial charge in [-0.15, -0.1) is 0 Å². The zero-order chi connectivity index (χ0) is 22.4. The molecule has 0 fully saturated rings. The summed E-state index contributed by atoms with van der Waals surface area (Å²) in [4.78, 5) is 21.2. The number of hydrogen-bond donors (Lipinski definition) is 0. The molecule has 0 spiro atoms. The van der Waals surface area contributed by atoms with Crippen molar-refractivity contribution < 1.29 is 13.9 Å². The maximum atomic E-state index is 13.4. The summed E-state index contributed by atoms with van der Waals surface area (Å²) in [7, 11) is 0. The Morgan fingerprint density at radius 2 is 1.68 bits per heavy atom. The monoisotopic (exact) mass is 421 g/mol. The molecule has 0 aliphatic rings. The molecule has 31 heavy (non-hydrogen) atoms. The number of carbonyl (C=O) groups excluding carboxylic acids is 1. The molecule has 0 unspecified atom stereocenters.